The fourth-order valence-electron chi connectivity index (χ4n) is 2.51. The number of rotatable bonds is 3. The third-order valence-electron chi connectivity index (χ3n) is 3.39. The predicted octanol–water partition coefficient (Wildman–Crippen LogP) is 3.47. The van der Waals surface area contributed by atoms with E-state index >= 15 is 0 Å². The van der Waals surface area contributed by atoms with Gasteiger partial charge in [-0.2, -0.15) is 0 Å². The second-order valence-corrected chi connectivity index (χ2v) is 5.09. The lowest BCUT2D eigenvalue weighted by atomic mass is 9.74. The van der Waals surface area contributed by atoms with Crippen LogP contribution in [0.15, 0.2) is 11.6 Å². The number of terminal acetylenes is 1. The molecule has 2 nitrogen and oxygen atoms in total. The van der Waals surface area contributed by atoms with Gasteiger partial charge in [-0.1, -0.05) is 24.0 Å². The fraction of sp³-hybridized carbons (Fsp3) is 0.667. The van der Waals surface area contributed by atoms with Gasteiger partial charge in [0.2, 0.25) is 0 Å². The maximum Gasteiger partial charge on any atom is 0.304 e. The summed E-state index contributed by atoms with van der Waals surface area (Å²) in [5.74, 6) is 2.74. The van der Waals surface area contributed by atoms with Crippen molar-refractivity contribution in [3.63, 3.8) is 0 Å². The minimum atomic E-state index is -0.671. The Morgan fingerprint density at radius 3 is 2.71 bits per heavy atom. The van der Waals surface area contributed by atoms with E-state index in [4.69, 9.17) is 11.2 Å². The van der Waals surface area contributed by atoms with Crippen LogP contribution in [0.4, 0.5) is 0 Å². The van der Waals surface area contributed by atoms with Crippen LogP contribution in [-0.4, -0.2) is 11.6 Å². The summed E-state index contributed by atoms with van der Waals surface area (Å²) in [5.41, 5.74) is 0.611. The summed E-state index contributed by atoms with van der Waals surface area (Å²) in [5, 5.41) is 0. The van der Waals surface area contributed by atoms with E-state index in [0.29, 0.717) is 0 Å². The summed E-state index contributed by atoms with van der Waals surface area (Å²) >= 11 is 0. The van der Waals surface area contributed by atoms with Gasteiger partial charge in [-0.3, -0.25) is 4.79 Å². The number of hydrogen-bond donors (Lipinski definition) is 0. The van der Waals surface area contributed by atoms with E-state index in [1.807, 2.05) is 0 Å². The highest BCUT2D eigenvalue weighted by Crippen LogP contribution is 2.39. The Morgan fingerprint density at radius 1 is 1.47 bits per heavy atom. The Labute approximate surface area is 104 Å². The molecule has 2 atom stereocenters. The third kappa shape index (κ3) is 3.63. The molecule has 0 heterocycles. The molecule has 0 spiro atoms. The van der Waals surface area contributed by atoms with Crippen LogP contribution in [0, 0.1) is 18.3 Å². The molecule has 0 N–H and O–H groups in total. The van der Waals surface area contributed by atoms with Crippen molar-refractivity contribution in [1.29, 1.82) is 0 Å². The van der Waals surface area contributed by atoms with E-state index in [1.54, 1.807) is 0 Å². The van der Waals surface area contributed by atoms with Gasteiger partial charge in [0, 0.05) is 12.8 Å². The van der Waals surface area contributed by atoms with Gasteiger partial charge in [-0.05, 0) is 39.5 Å². The lowest BCUT2D eigenvalue weighted by Gasteiger charge is -2.39. The molecule has 0 amide bonds. The summed E-state index contributed by atoms with van der Waals surface area (Å²) in [6.45, 7) is 5.59. The molecule has 0 bridgehead atoms. The lowest BCUT2D eigenvalue weighted by Crippen LogP contribution is -2.43. The van der Waals surface area contributed by atoms with Crippen LogP contribution in [0.25, 0.3) is 0 Å². The van der Waals surface area contributed by atoms with Crippen LogP contribution in [0.3, 0.4) is 0 Å². The van der Waals surface area contributed by atoms with Crippen molar-refractivity contribution in [2.24, 2.45) is 5.92 Å². The van der Waals surface area contributed by atoms with Crippen molar-refractivity contribution in [3.8, 4) is 12.3 Å². The van der Waals surface area contributed by atoms with Crippen LogP contribution < -0.4 is 0 Å². The average Bonchev–Trinajstić information content (AvgIpc) is 2.26. The van der Waals surface area contributed by atoms with Crippen LogP contribution in [0.1, 0.15) is 52.9 Å². The Kier molecular flexibility index (Phi) is 4.81. The largest absolute Gasteiger partial charge is 0.446 e. The molecule has 2 heteroatoms. The monoisotopic (exact) mass is 234 g/mol. The standard InChI is InChI=1S/C15H22O2/c1-5-15(17-13(4)16)11-7-6-8-14(15)10-9-12(2)3/h1,9,14H,6-8,10-11H2,2-4H3/t14-,15+/m0/s1. The van der Waals surface area contributed by atoms with Crippen LogP contribution in [0.5, 0.6) is 0 Å². The molecule has 0 aliphatic heterocycles. The quantitative estimate of drug-likeness (QED) is 0.424. The molecule has 0 aromatic carbocycles. The van der Waals surface area contributed by atoms with E-state index in [-0.39, 0.29) is 11.9 Å². The van der Waals surface area contributed by atoms with E-state index in [9.17, 15) is 4.79 Å². The predicted molar refractivity (Wildman–Crippen MR) is 69.3 cm³/mol. The van der Waals surface area contributed by atoms with Crippen molar-refractivity contribution >= 4 is 5.97 Å². The average molecular weight is 234 g/mol. The molecule has 1 saturated carbocycles. The topological polar surface area (TPSA) is 26.3 Å². The van der Waals surface area contributed by atoms with Crippen molar-refractivity contribution < 1.29 is 9.53 Å². The molecule has 0 radical (unpaired) electrons. The number of allylic oxidation sites excluding steroid dienone is 2. The number of hydrogen-bond acceptors (Lipinski definition) is 2. The van der Waals surface area contributed by atoms with Gasteiger partial charge in [0.1, 0.15) is 0 Å². The SMILES string of the molecule is C#C[C@@]1(OC(C)=O)CCCC[C@H]1CC=C(C)C. The highest BCUT2D eigenvalue weighted by molar-refractivity contribution is 5.67. The molecule has 1 fully saturated rings. The Bertz CT molecular complexity index is 344. The Hall–Kier alpha value is -1.23. The van der Waals surface area contributed by atoms with Gasteiger partial charge in [-0.15, -0.1) is 6.42 Å². The second kappa shape index (κ2) is 5.91. The van der Waals surface area contributed by atoms with Crippen molar-refractivity contribution in [2.75, 3.05) is 0 Å². The number of ether oxygens (including phenoxy) is 1. The molecule has 1 rings (SSSR count). The van der Waals surface area contributed by atoms with Crippen LogP contribution in [-0.2, 0) is 9.53 Å². The second-order valence-electron chi connectivity index (χ2n) is 5.09. The van der Waals surface area contributed by atoms with E-state index in [0.717, 1.165) is 25.7 Å². The summed E-state index contributed by atoms with van der Waals surface area (Å²) in [6, 6.07) is 0. The molecule has 1 aliphatic carbocycles. The smallest absolute Gasteiger partial charge is 0.304 e. The minimum absolute atomic E-state index is 0.264. The first-order valence-electron chi connectivity index (χ1n) is 6.31. The Morgan fingerprint density at radius 2 is 2.18 bits per heavy atom. The molecule has 0 aromatic rings. The van der Waals surface area contributed by atoms with Gasteiger partial charge in [0.15, 0.2) is 5.60 Å². The maximum atomic E-state index is 11.2. The molecular formula is C15H22O2. The van der Waals surface area contributed by atoms with E-state index in [1.165, 1.54) is 18.9 Å². The highest BCUT2D eigenvalue weighted by Gasteiger charge is 2.41. The van der Waals surface area contributed by atoms with Crippen molar-refractivity contribution in [1.82, 2.24) is 0 Å². The number of carbonyl (C=O) groups excluding carboxylic acids is 1. The zero-order valence-electron chi connectivity index (χ0n) is 11.1. The van der Waals surface area contributed by atoms with Crippen LogP contribution in [0.2, 0.25) is 0 Å². The van der Waals surface area contributed by atoms with Gasteiger partial charge >= 0.3 is 5.97 Å². The van der Waals surface area contributed by atoms with E-state index < -0.39 is 5.60 Å². The van der Waals surface area contributed by atoms with Crippen LogP contribution >= 0.6 is 0 Å². The van der Waals surface area contributed by atoms with Gasteiger partial charge in [-0.25, -0.2) is 0 Å². The number of esters is 1. The number of carbonyl (C=O) groups is 1. The van der Waals surface area contributed by atoms with Gasteiger partial charge in [0.25, 0.3) is 0 Å². The summed E-state index contributed by atoms with van der Waals surface area (Å²) < 4.78 is 5.47. The zero-order valence-corrected chi connectivity index (χ0v) is 11.1. The zero-order chi connectivity index (χ0) is 12.9. The first kappa shape index (κ1) is 13.8. The summed E-state index contributed by atoms with van der Waals surface area (Å²) in [6.07, 6.45) is 12.8. The lowest BCUT2D eigenvalue weighted by molar-refractivity contribution is -0.158. The first-order chi connectivity index (χ1) is 8.00. The van der Waals surface area contributed by atoms with Crippen molar-refractivity contribution in [2.45, 2.75) is 58.5 Å². The highest BCUT2D eigenvalue weighted by atomic mass is 16.6. The first-order valence-corrected chi connectivity index (χ1v) is 6.31. The fourth-order valence-corrected chi connectivity index (χ4v) is 2.51. The van der Waals surface area contributed by atoms with Gasteiger partial charge in [0.05, 0.1) is 0 Å². The maximum absolute atomic E-state index is 11.2. The molecule has 0 unspecified atom stereocenters. The van der Waals surface area contributed by atoms with E-state index in [2.05, 4.69) is 25.8 Å². The summed E-state index contributed by atoms with van der Waals surface area (Å²) in [7, 11) is 0. The molecular weight excluding hydrogens is 212 g/mol. The molecule has 17 heavy (non-hydrogen) atoms. The Balaban J connectivity index is 2.85. The minimum Gasteiger partial charge on any atom is -0.446 e. The van der Waals surface area contributed by atoms with Gasteiger partial charge < -0.3 is 4.74 Å². The third-order valence-corrected chi connectivity index (χ3v) is 3.39. The molecule has 0 saturated heterocycles. The van der Waals surface area contributed by atoms with Crippen molar-refractivity contribution in [3.05, 3.63) is 11.6 Å². The molecule has 0 aromatic heterocycles. The summed E-state index contributed by atoms with van der Waals surface area (Å²) in [4.78, 5) is 11.2. The molecule has 94 valence electrons. The normalized spacial score (nSPS) is 28.0. The molecule has 1 aliphatic rings.